The minimum Gasteiger partial charge on any atom is -0.351 e. The number of pyridine rings is 1. The number of carbonyl (C=O) groups is 1. The molecule has 0 spiro atoms. The van der Waals surface area contributed by atoms with Gasteiger partial charge in [-0.3, -0.25) is 4.79 Å². The predicted octanol–water partition coefficient (Wildman–Crippen LogP) is 6.10. The van der Waals surface area contributed by atoms with E-state index in [1.807, 2.05) is 36.9 Å². The van der Waals surface area contributed by atoms with Crippen molar-refractivity contribution >= 4 is 28.7 Å². The van der Waals surface area contributed by atoms with Gasteiger partial charge in [0.15, 0.2) is 0 Å². The van der Waals surface area contributed by atoms with Crippen LogP contribution in [0.15, 0.2) is 41.7 Å². The predicted molar refractivity (Wildman–Crippen MR) is 132 cm³/mol. The van der Waals surface area contributed by atoms with Crippen LogP contribution in [0.5, 0.6) is 0 Å². The van der Waals surface area contributed by atoms with Crippen LogP contribution in [0.4, 0.5) is 0 Å². The molecule has 2 aromatic heterocycles. The van der Waals surface area contributed by atoms with Crippen molar-refractivity contribution in [3.63, 3.8) is 0 Å². The molecule has 2 N–H and O–H groups in total. The maximum atomic E-state index is 13.0. The number of amides is 1. The first-order chi connectivity index (χ1) is 15.3. The van der Waals surface area contributed by atoms with E-state index in [0.29, 0.717) is 11.8 Å². The van der Waals surface area contributed by atoms with Crippen LogP contribution < -0.4 is 5.32 Å². The van der Waals surface area contributed by atoms with Crippen molar-refractivity contribution in [2.75, 3.05) is 0 Å². The fourth-order valence-corrected chi connectivity index (χ4v) is 5.50. The van der Waals surface area contributed by atoms with Gasteiger partial charge < -0.3 is 10.3 Å². The van der Waals surface area contributed by atoms with Crippen molar-refractivity contribution in [1.82, 2.24) is 20.3 Å². The van der Waals surface area contributed by atoms with Crippen LogP contribution in [-0.4, -0.2) is 26.1 Å². The Hall–Kier alpha value is -2.34. The standard InChI is InChI=1S/C26H34N4OS/c1-17(18-10-12-21-22(14-18)29-16-28-21)24(31)27-15-19-11-13-23(26(2,3)4)30-25(19)32-20-8-6-5-7-9-20/h10-14,16-17,20H,5-9,15H2,1-4H3,(H,27,31)(H,28,29). The number of hydrogen-bond donors (Lipinski definition) is 2. The van der Waals surface area contributed by atoms with Gasteiger partial charge in [0.2, 0.25) is 5.91 Å². The molecule has 0 aliphatic heterocycles. The lowest BCUT2D eigenvalue weighted by atomic mass is 9.91. The molecule has 1 aromatic carbocycles. The first-order valence-corrected chi connectivity index (χ1v) is 12.6. The molecule has 3 aromatic rings. The van der Waals surface area contributed by atoms with Crippen LogP contribution in [-0.2, 0) is 16.8 Å². The molecule has 1 aliphatic carbocycles. The number of H-pyrrole nitrogens is 1. The number of thioether (sulfide) groups is 1. The number of benzene rings is 1. The molecule has 2 heterocycles. The third-order valence-electron chi connectivity index (χ3n) is 6.33. The molecule has 5 nitrogen and oxygen atoms in total. The Labute approximate surface area is 195 Å². The Morgan fingerprint density at radius 1 is 1.19 bits per heavy atom. The fraction of sp³-hybridized carbons (Fsp3) is 0.500. The Morgan fingerprint density at radius 3 is 2.72 bits per heavy atom. The topological polar surface area (TPSA) is 70.7 Å². The number of imidazole rings is 1. The van der Waals surface area contributed by atoms with Crippen LogP contribution in [0.2, 0.25) is 0 Å². The van der Waals surface area contributed by atoms with Crippen molar-refractivity contribution in [3.05, 3.63) is 53.5 Å². The molecule has 1 unspecified atom stereocenters. The second-order valence-corrected chi connectivity index (χ2v) is 11.2. The first-order valence-electron chi connectivity index (χ1n) is 11.7. The summed E-state index contributed by atoms with van der Waals surface area (Å²) in [6.07, 6.45) is 8.15. The van der Waals surface area contributed by atoms with Crippen molar-refractivity contribution in [3.8, 4) is 0 Å². The number of rotatable bonds is 6. The van der Waals surface area contributed by atoms with Crippen molar-refractivity contribution in [1.29, 1.82) is 0 Å². The maximum Gasteiger partial charge on any atom is 0.227 e. The summed E-state index contributed by atoms with van der Waals surface area (Å²) in [4.78, 5) is 25.4. The summed E-state index contributed by atoms with van der Waals surface area (Å²) in [6, 6.07) is 10.2. The second kappa shape index (κ2) is 9.65. The smallest absolute Gasteiger partial charge is 0.227 e. The highest BCUT2D eigenvalue weighted by Crippen LogP contribution is 2.35. The van der Waals surface area contributed by atoms with Crippen LogP contribution in [0, 0.1) is 0 Å². The van der Waals surface area contributed by atoms with Crippen LogP contribution in [0.1, 0.15) is 82.5 Å². The zero-order valence-corrected chi connectivity index (χ0v) is 20.4. The lowest BCUT2D eigenvalue weighted by molar-refractivity contribution is -0.122. The van der Waals surface area contributed by atoms with Gasteiger partial charge in [-0.05, 0) is 43.5 Å². The highest BCUT2D eigenvalue weighted by Gasteiger charge is 2.22. The summed E-state index contributed by atoms with van der Waals surface area (Å²) < 4.78 is 0. The number of aromatic amines is 1. The molecular weight excluding hydrogens is 416 g/mol. The van der Waals surface area contributed by atoms with Crippen molar-refractivity contribution in [2.45, 2.75) is 88.0 Å². The normalized spacial score (nSPS) is 16.2. The van der Waals surface area contributed by atoms with E-state index in [9.17, 15) is 4.79 Å². The van der Waals surface area contributed by atoms with E-state index in [4.69, 9.17) is 4.98 Å². The molecule has 0 saturated heterocycles. The van der Waals surface area contributed by atoms with Gasteiger partial charge >= 0.3 is 0 Å². The Morgan fingerprint density at radius 2 is 1.97 bits per heavy atom. The summed E-state index contributed by atoms with van der Waals surface area (Å²) in [5.74, 6) is -0.212. The van der Waals surface area contributed by atoms with E-state index in [0.717, 1.165) is 32.9 Å². The summed E-state index contributed by atoms with van der Waals surface area (Å²) in [5.41, 5.74) is 5.07. The Balaban J connectivity index is 1.48. The second-order valence-electron chi connectivity index (χ2n) is 9.91. The lowest BCUT2D eigenvalue weighted by Gasteiger charge is -2.24. The molecule has 32 heavy (non-hydrogen) atoms. The summed E-state index contributed by atoms with van der Waals surface area (Å²) >= 11 is 1.91. The van der Waals surface area contributed by atoms with Gasteiger partial charge in [-0.1, -0.05) is 52.2 Å². The number of aromatic nitrogens is 3. The van der Waals surface area contributed by atoms with Gasteiger partial charge in [-0.2, -0.15) is 0 Å². The number of nitrogens with zero attached hydrogens (tertiary/aromatic N) is 2. The van der Waals surface area contributed by atoms with Crippen molar-refractivity contribution in [2.24, 2.45) is 0 Å². The largest absolute Gasteiger partial charge is 0.351 e. The maximum absolute atomic E-state index is 13.0. The zero-order valence-electron chi connectivity index (χ0n) is 19.6. The van der Waals surface area contributed by atoms with Crippen LogP contribution in [0.25, 0.3) is 11.0 Å². The minimum absolute atomic E-state index is 0.00346. The average Bonchev–Trinajstić information content (AvgIpc) is 3.25. The van der Waals surface area contributed by atoms with E-state index in [-0.39, 0.29) is 17.2 Å². The van der Waals surface area contributed by atoms with Gasteiger partial charge in [0.05, 0.1) is 23.3 Å². The van der Waals surface area contributed by atoms with Crippen LogP contribution in [0.3, 0.4) is 0 Å². The molecule has 4 rings (SSSR count). The summed E-state index contributed by atoms with van der Waals surface area (Å²) in [6.45, 7) is 9.05. The Bertz CT molecular complexity index is 1080. The van der Waals surface area contributed by atoms with Gasteiger partial charge in [0.25, 0.3) is 0 Å². The molecule has 0 bridgehead atoms. The number of nitrogens with one attached hydrogen (secondary N) is 2. The van der Waals surface area contributed by atoms with E-state index in [2.05, 4.69) is 48.2 Å². The van der Waals surface area contributed by atoms with Crippen LogP contribution >= 0.6 is 11.8 Å². The monoisotopic (exact) mass is 450 g/mol. The molecule has 1 atom stereocenters. The molecule has 1 amide bonds. The number of carbonyl (C=O) groups excluding carboxylic acids is 1. The highest BCUT2D eigenvalue weighted by atomic mass is 32.2. The van der Waals surface area contributed by atoms with Gasteiger partial charge in [0.1, 0.15) is 5.03 Å². The van der Waals surface area contributed by atoms with Gasteiger partial charge in [0, 0.05) is 28.5 Å². The van der Waals surface area contributed by atoms with E-state index < -0.39 is 0 Å². The molecule has 6 heteroatoms. The lowest BCUT2D eigenvalue weighted by Crippen LogP contribution is -2.28. The zero-order chi connectivity index (χ0) is 22.7. The van der Waals surface area contributed by atoms with Crippen molar-refractivity contribution < 1.29 is 4.79 Å². The molecule has 1 fully saturated rings. The molecule has 0 radical (unpaired) electrons. The van der Waals surface area contributed by atoms with Gasteiger partial charge in [-0.15, -0.1) is 11.8 Å². The summed E-state index contributed by atoms with van der Waals surface area (Å²) in [7, 11) is 0. The SMILES string of the molecule is CC(C(=O)NCc1ccc(C(C)(C)C)nc1SC1CCCCC1)c1ccc2nc[nH]c2c1. The minimum atomic E-state index is -0.237. The quantitative estimate of drug-likeness (QED) is 0.476. The first kappa shape index (κ1) is 22.8. The van der Waals surface area contributed by atoms with E-state index in [1.54, 1.807) is 6.33 Å². The van der Waals surface area contributed by atoms with Gasteiger partial charge in [-0.25, -0.2) is 9.97 Å². The Kier molecular flexibility index (Phi) is 6.89. The highest BCUT2D eigenvalue weighted by molar-refractivity contribution is 7.99. The van der Waals surface area contributed by atoms with E-state index >= 15 is 0 Å². The molecular formula is C26H34N4OS. The summed E-state index contributed by atoms with van der Waals surface area (Å²) in [5, 5.41) is 4.86. The van der Waals surface area contributed by atoms with E-state index in [1.165, 1.54) is 32.1 Å². The third kappa shape index (κ3) is 5.34. The molecule has 170 valence electrons. The fourth-order valence-electron chi connectivity index (χ4n) is 4.17. The average molecular weight is 451 g/mol. The molecule has 1 aliphatic rings. The molecule has 1 saturated carbocycles. The number of fused-ring (bicyclic) bond motifs is 1. The third-order valence-corrected chi connectivity index (χ3v) is 7.71. The number of hydrogen-bond acceptors (Lipinski definition) is 4.